The van der Waals surface area contributed by atoms with Crippen molar-refractivity contribution in [3.8, 4) is 0 Å². The minimum Gasteiger partial charge on any atom is -0.340 e. The fourth-order valence-corrected chi connectivity index (χ4v) is 5.06. The number of rotatable bonds is 3. The summed E-state index contributed by atoms with van der Waals surface area (Å²) in [5.74, 6) is 1.47. The number of likely N-dealkylation sites (tertiary alicyclic amines) is 1. The van der Waals surface area contributed by atoms with Crippen LogP contribution in [0.3, 0.4) is 0 Å². The predicted molar refractivity (Wildman–Crippen MR) is 136 cm³/mol. The molecule has 4 nitrogen and oxygen atoms in total. The van der Waals surface area contributed by atoms with Gasteiger partial charge in [-0.05, 0) is 88.3 Å². The molecule has 176 valence electrons. The standard InChI is InChI=1S/C28H37FN4/c1-20-10-9-11-21(2)26(20)27(30-25-17-15-23(29)16-18-25)32-28(31-24-13-5-4-6-14-24)33-19-8-7-12-22(33)3/h9-11,15-18,22,24H,4-8,12-14,19H2,1-3H3,(H,30,31,32). The number of amidine groups is 1. The number of piperidine rings is 1. The second kappa shape index (κ2) is 11.0. The van der Waals surface area contributed by atoms with E-state index in [4.69, 9.17) is 9.98 Å². The van der Waals surface area contributed by atoms with Gasteiger partial charge in [0.05, 0.1) is 11.7 Å². The molecule has 2 fully saturated rings. The molecule has 0 bridgehead atoms. The van der Waals surface area contributed by atoms with E-state index in [0.717, 1.165) is 53.6 Å². The van der Waals surface area contributed by atoms with Gasteiger partial charge in [0.2, 0.25) is 0 Å². The first kappa shape index (κ1) is 23.5. The van der Waals surface area contributed by atoms with Crippen LogP contribution in [0.2, 0.25) is 0 Å². The zero-order valence-electron chi connectivity index (χ0n) is 20.3. The van der Waals surface area contributed by atoms with Crippen molar-refractivity contribution >= 4 is 17.5 Å². The molecule has 0 radical (unpaired) electrons. The van der Waals surface area contributed by atoms with Gasteiger partial charge in [0.1, 0.15) is 11.7 Å². The first-order chi connectivity index (χ1) is 16.0. The molecular weight excluding hydrogens is 411 g/mol. The number of aryl methyl sites for hydroxylation is 2. The van der Waals surface area contributed by atoms with Crippen LogP contribution in [0, 0.1) is 19.7 Å². The number of halogens is 1. The van der Waals surface area contributed by atoms with Crippen LogP contribution in [0.5, 0.6) is 0 Å². The number of hydrogen-bond donors (Lipinski definition) is 1. The van der Waals surface area contributed by atoms with Crippen molar-refractivity contribution in [1.82, 2.24) is 10.2 Å². The van der Waals surface area contributed by atoms with Crippen molar-refractivity contribution in [1.29, 1.82) is 0 Å². The van der Waals surface area contributed by atoms with E-state index in [2.05, 4.69) is 49.2 Å². The Balaban J connectivity index is 1.76. The molecule has 33 heavy (non-hydrogen) atoms. The third-order valence-corrected chi connectivity index (χ3v) is 6.97. The number of nitrogens with one attached hydrogen (secondary N) is 1. The van der Waals surface area contributed by atoms with Crippen molar-refractivity contribution in [3.05, 3.63) is 65.0 Å². The summed E-state index contributed by atoms with van der Waals surface area (Å²) in [5, 5.41) is 3.69. The summed E-state index contributed by atoms with van der Waals surface area (Å²) in [6.07, 6.45) is 9.76. The molecule has 1 aliphatic carbocycles. The molecule has 1 saturated heterocycles. The summed E-state index contributed by atoms with van der Waals surface area (Å²) in [6, 6.07) is 13.5. The maximum atomic E-state index is 13.5. The number of hydrogen-bond acceptors (Lipinski definition) is 2. The zero-order chi connectivity index (χ0) is 23.2. The smallest absolute Gasteiger partial charge is 0.200 e. The molecule has 1 saturated carbocycles. The van der Waals surface area contributed by atoms with Gasteiger partial charge in [-0.3, -0.25) is 0 Å². The second-order valence-corrected chi connectivity index (χ2v) is 9.61. The highest BCUT2D eigenvalue weighted by Crippen LogP contribution is 2.24. The number of aliphatic imine (C=N–C) groups is 2. The van der Waals surface area contributed by atoms with Crippen molar-refractivity contribution in [2.75, 3.05) is 6.54 Å². The van der Waals surface area contributed by atoms with Crippen LogP contribution in [0.25, 0.3) is 0 Å². The first-order valence-electron chi connectivity index (χ1n) is 12.5. The molecule has 4 rings (SSSR count). The van der Waals surface area contributed by atoms with Crippen LogP contribution < -0.4 is 5.32 Å². The van der Waals surface area contributed by atoms with Gasteiger partial charge in [0.15, 0.2) is 5.96 Å². The number of benzene rings is 2. The summed E-state index contributed by atoms with van der Waals surface area (Å²) >= 11 is 0. The van der Waals surface area contributed by atoms with Gasteiger partial charge in [-0.15, -0.1) is 0 Å². The molecule has 2 aromatic rings. The quantitative estimate of drug-likeness (QED) is 0.420. The maximum Gasteiger partial charge on any atom is 0.200 e. The lowest BCUT2D eigenvalue weighted by molar-refractivity contribution is 0.251. The van der Waals surface area contributed by atoms with Crippen LogP contribution in [-0.4, -0.2) is 35.3 Å². The minimum atomic E-state index is -0.253. The van der Waals surface area contributed by atoms with Gasteiger partial charge in [-0.1, -0.05) is 37.5 Å². The third kappa shape index (κ3) is 6.01. The lowest BCUT2D eigenvalue weighted by atomic mass is 9.96. The van der Waals surface area contributed by atoms with Gasteiger partial charge in [0.25, 0.3) is 0 Å². The summed E-state index contributed by atoms with van der Waals surface area (Å²) in [4.78, 5) is 12.7. The summed E-state index contributed by atoms with van der Waals surface area (Å²) < 4.78 is 13.5. The van der Waals surface area contributed by atoms with Crippen LogP contribution in [0.15, 0.2) is 52.4 Å². The van der Waals surface area contributed by atoms with E-state index in [9.17, 15) is 4.39 Å². The van der Waals surface area contributed by atoms with Crippen LogP contribution >= 0.6 is 0 Å². The van der Waals surface area contributed by atoms with Gasteiger partial charge >= 0.3 is 0 Å². The Morgan fingerprint density at radius 3 is 2.24 bits per heavy atom. The molecule has 5 heteroatoms. The Morgan fingerprint density at radius 1 is 0.909 bits per heavy atom. The van der Waals surface area contributed by atoms with Crippen LogP contribution in [0.4, 0.5) is 10.1 Å². The molecule has 0 spiro atoms. The SMILES string of the molecule is Cc1cccc(C)c1/C(=N\c1ccc(F)cc1)N/C(=N/C1CCCCC1)N1CCCCC1C. The Labute approximate surface area is 198 Å². The van der Waals surface area contributed by atoms with Gasteiger partial charge < -0.3 is 10.2 Å². The molecule has 1 atom stereocenters. The summed E-state index contributed by atoms with van der Waals surface area (Å²) in [5.41, 5.74) is 4.13. The lowest BCUT2D eigenvalue weighted by Crippen LogP contribution is -2.51. The molecule has 1 aliphatic heterocycles. The Kier molecular flexibility index (Phi) is 7.79. The van der Waals surface area contributed by atoms with Crippen molar-refractivity contribution in [2.24, 2.45) is 9.98 Å². The van der Waals surface area contributed by atoms with Gasteiger partial charge in [-0.2, -0.15) is 0 Å². The molecular formula is C28H37FN4. The Morgan fingerprint density at radius 2 is 1.58 bits per heavy atom. The topological polar surface area (TPSA) is 40.0 Å². The molecule has 2 aromatic carbocycles. The fraction of sp³-hybridized carbons (Fsp3) is 0.500. The van der Waals surface area contributed by atoms with E-state index >= 15 is 0 Å². The largest absolute Gasteiger partial charge is 0.340 e. The highest BCUT2D eigenvalue weighted by molar-refractivity contribution is 6.11. The molecule has 1 N–H and O–H groups in total. The maximum absolute atomic E-state index is 13.5. The normalized spacial score (nSPS) is 20.7. The highest BCUT2D eigenvalue weighted by Gasteiger charge is 2.25. The van der Waals surface area contributed by atoms with E-state index in [0.29, 0.717) is 12.1 Å². The average Bonchev–Trinajstić information content (AvgIpc) is 2.81. The molecule has 0 amide bonds. The van der Waals surface area contributed by atoms with Crippen LogP contribution in [-0.2, 0) is 0 Å². The van der Waals surface area contributed by atoms with Crippen molar-refractivity contribution in [2.45, 2.75) is 84.2 Å². The summed E-state index contributed by atoms with van der Waals surface area (Å²) in [6.45, 7) is 7.54. The van der Waals surface area contributed by atoms with E-state index in [1.54, 1.807) is 12.1 Å². The zero-order valence-corrected chi connectivity index (χ0v) is 20.3. The molecule has 1 heterocycles. The van der Waals surface area contributed by atoms with Crippen molar-refractivity contribution in [3.63, 3.8) is 0 Å². The minimum absolute atomic E-state index is 0.253. The van der Waals surface area contributed by atoms with E-state index < -0.39 is 0 Å². The lowest BCUT2D eigenvalue weighted by Gasteiger charge is -2.37. The van der Waals surface area contributed by atoms with E-state index in [1.165, 1.54) is 50.7 Å². The monoisotopic (exact) mass is 448 g/mol. The summed E-state index contributed by atoms with van der Waals surface area (Å²) in [7, 11) is 0. The predicted octanol–water partition coefficient (Wildman–Crippen LogP) is 6.67. The van der Waals surface area contributed by atoms with Gasteiger partial charge in [-0.25, -0.2) is 14.4 Å². The van der Waals surface area contributed by atoms with Crippen molar-refractivity contribution < 1.29 is 4.39 Å². The van der Waals surface area contributed by atoms with Gasteiger partial charge in [0, 0.05) is 18.2 Å². The Bertz CT molecular complexity index is 969. The number of nitrogens with zero attached hydrogens (tertiary/aromatic N) is 3. The fourth-order valence-electron chi connectivity index (χ4n) is 5.06. The average molecular weight is 449 g/mol. The van der Waals surface area contributed by atoms with Crippen LogP contribution in [0.1, 0.15) is 75.0 Å². The third-order valence-electron chi connectivity index (χ3n) is 6.97. The molecule has 1 unspecified atom stereocenters. The van der Waals surface area contributed by atoms with E-state index in [1.807, 2.05) is 0 Å². The molecule has 0 aromatic heterocycles. The second-order valence-electron chi connectivity index (χ2n) is 9.61. The molecule has 2 aliphatic rings. The van der Waals surface area contributed by atoms with E-state index in [-0.39, 0.29) is 5.82 Å². The first-order valence-corrected chi connectivity index (χ1v) is 12.5. The Hall–Kier alpha value is -2.69. The highest BCUT2D eigenvalue weighted by atomic mass is 19.1. The number of guanidine groups is 1.